The first kappa shape index (κ1) is 24.0. The van der Waals surface area contributed by atoms with Crippen molar-refractivity contribution in [3.8, 4) is 16.8 Å². The zero-order chi connectivity index (χ0) is 27.6. The minimum atomic E-state index is -0.0402. The summed E-state index contributed by atoms with van der Waals surface area (Å²) in [6.07, 6.45) is 8.83. The minimum Gasteiger partial charge on any atom is -0.314 e. The molecule has 0 unspecified atom stereocenters. The SMILES string of the molecule is CC1(C)c2ccccc2-c2ccc(N(C3=CC=CCC3)c3ccc4c(c3)c3ccccc3n4-c3ccccc3)cc21. The van der Waals surface area contributed by atoms with Crippen LogP contribution in [0.15, 0.2) is 139 Å². The first-order valence-corrected chi connectivity index (χ1v) is 14.6. The molecule has 5 aromatic carbocycles. The van der Waals surface area contributed by atoms with E-state index in [1.54, 1.807) is 0 Å². The first-order valence-electron chi connectivity index (χ1n) is 14.6. The van der Waals surface area contributed by atoms with Crippen LogP contribution in [0.1, 0.15) is 37.8 Å². The largest absolute Gasteiger partial charge is 0.314 e. The molecule has 0 radical (unpaired) electrons. The van der Waals surface area contributed by atoms with Crippen LogP contribution in [-0.4, -0.2) is 4.57 Å². The van der Waals surface area contributed by atoms with Gasteiger partial charge in [-0.1, -0.05) is 92.7 Å². The molecule has 2 nitrogen and oxygen atoms in total. The van der Waals surface area contributed by atoms with Crippen LogP contribution >= 0.6 is 0 Å². The summed E-state index contributed by atoms with van der Waals surface area (Å²) in [6.45, 7) is 4.72. The second-order valence-electron chi connectivity index (χ2n) is 11.8. The molecule has 0 atom stereocenters. The van der Waals surface area contributed by atoms with Gasteiger partial charge in [-0.05, 0) is 89.7 Å². The molecule has 0 bridgehead atoms. The highest BCUT2D eigenvalue weighted by Gasteiger charge is 2.35. The Kier molecular flexibility index (Phi) is 5.33. The highest BCUT2D eigenvalue weighted by atomic mass is 15.1. The van der Waals surface area contributed by atoms with Crippen molar-refractivity contribution < 1.29 is 0 Å². The maximum Gasteiger partial charge on any atom is 0.0542 e. The number of benzene rings is 5. The molecule has 41 heavy (non-hydrogen) atoms. The Morgan fingerprint density at radius 2 is 1.34 bits per heavy atom. The summed E-state index contributed by atoms with van der Waals surface area (Å²) in [5.74, 6) is 0. The Balaban J connectivity index is 1.34. The predicted octanol–water partition coefficient (Wildman–Crippen LogP) is 10.5. The molecule has 2 heteroatoms. The molecule has 1 heterocycles. The van der Waals surface area contributed by atoms with Gasteiger partial charge in [0.2, 0.25) is 0 Å². The van der Waals surface area contributed by atoms with Crippen molar-refractivity contribution in [3.05, 3.63) is 150 Å². The van der Waals surface area contributed by atoms with Gasteiger partial charge in [0, 0.05) is 38.9 Å². The minimum absolute atomic E-state index is 0.0402. The Bertz CT molecular complexity index is 2020. The van der Waals surface area contributed by atoms with Gasteiger partial charge < -0.3 is 9.47 Å². The monoisotopic (exact) mass is 528 g/mol. The highest BCUT2D eigenvalue weighted by Crippen LogP contribution is 2.50. The van der Waals surface area contributed by atoms with E-state index in [0.29, 0.717) is 0 Å². The summed E-state index contributed by atoms with van der Waals surface area (Å²) >= 11 is 0. The molecular formula is C39H32N2. The molecule has 8 rings (SSSR count). The van der Waals surface area contributed by atoms with Crippen LogP contribution in [-0.2, 0) is 5.41 Å². The van der Waals surface area contributed by atoms with Gasteiger partial charge >= 0.3 is 0 Å². The maximum atomic E-state index is 2.48. The smallest absolute Gasteiger partial charge is 0.0542 e. The van der Waals surface area contributed by atoms with Crippen molar-refractivity contribution in [1.29, 1.82) is 0 Å². The molecule has 6 aromatic rings. The van der Waals surface area contributed by atoms with Gasteiger partial charge in [0.1, 0.15) is 0 Å². The Morgan fingerprint density at radius 1 is 0.634 bits per heavy atom. The van der Waals surface area contributed by atoms with Gasteiger partial charge in [-0.15, -0.1) is 0 Å². The molecule has 0 saturated carbocycles. The Labute approximate surface area is 241 Å². The molecule has 0 saturated heterocycles. The molecular weight excluding hydrogens is 496 g/mol. The van der Waals surface area contributed by atoms with Gasteiger partial charge in [-0.3, -0.25) is 0 Å². The van der Waals surface area contributed by atoms with Crippen LogP contribution in [0, 0.1) is 0 Å². The van der Waals surface area contributed by atoms with Crippen LogP contribution < -0.4 is 4.90 Å². The third kappa shape index (κ3) is 3.64. The number of hydrogen-bond donors (Lipinski definition) is 0. The maximum absolute atomic E-state index is 2.48. The van der Waals surface area contributed by atoms with Gasteiger partial charge in [0.15, 0.2) is 0 Å². The number of fused-ring (bicyclic) bond motifs is 6. The molecule has 0 spiro atoms. The van der Waals surface area contributed by atoms with Crippen LogP contribution in [0.3, 0.4) is 0 Å². The van der Waals surface area contributed by atoms with E-state index in [1.807, 2.05) is 0 Å². The van der Waals surface area contributed by atoms with Gasteiger partial charge in [-0.2, -0.15) is 0 Å². The molecule has 0 aliphatic heterocycles. The number of allylic oxidation sites excluding steroid dienone is 4. The van der Waals surface area contributed by atoms with Crippen molar-refractivity contribution >= 4 is 33.2 Å². The summed E-state index contributed by atoms with van der Waals surface area (Å²) in [5, 5.41) is 2.55. The van der Waals surface area contributed by atoms with Gasteiger partial charge in [-0.25, -0.2) is 0 Å². The Morgan fingerprint density at radius 3 is 2.20 bits per heavy atom. The highest BCUT2D eigenvalue weighted by molar-refractivity contribution is 6.10. The van der Waals surface area contributed by atoms with E-state index in [-0.39, 0.29) is 5.41 Å². The fraction of sp³-hybridized carbons (Fsp3) is 0.128. The third-order valence-electron chi connectivity index (χ3n) is 9.03. The van der Waals surface area contributed by atoms with E-state index in [0.717, 1.165) is 12.8 Å². The first-order chi connectivity index (χ1) is 20.1. The Hall–Kier alpha value is -4.82. The zero-order valence-electron chi connectivity index (χ0n) is 23.5. The number of hydrogen-bond acceptors (Lipinski definition) is 1. The van der Waals surface area contributed by atoms with Crippen molar-refractivity contribution in [1.82, 2.24) is 4.57 Å². The predicted molar refractivity (Wildman–Crippen MR) is 173 cm³/mol. The second-order valence-corrected chi connectivity index (χ2v) is 11.8. The zero-order valence-corrected chi connectivity index (χ0v) is 23.5. The summed E-state index contributed by atoms with van der Waals surface area (Å²) in [6, 6.07) is 42.4. The van der Waals surface area contributed by atoms with E-state index in [1.165, 1.54) is 66.8 Å². The van der Waals surface area contributed by atoms with E-state index in [2.05, 4.69) is 157 Å². The van der Waals surface area contributed by atoms with Crippen LogP contribution in [0.5, 0.6) is 0 Å². The van der Waals surface area contributed by atoms with E-state index >= 15 is 0 Å². The second kappa shape index (κ2) is 9.11. The van der Waals surface area contributed by atoms with Crippen LogP contribution in [0.4, 0.5) is 11.4 Å². The molecule has 2 aliphatic carbocycles. The standard InChI is InChI=1S/C39H32N2/c1-39(2)35-19-11-9-17-31(35)32-23-21-30(26-36(32)39)40(27-13-5-3-6-14-27)29-22-24-38-34(25-29)33-18-10-12-20-37(33)41(38)28-15-7-4-8-16-28/h3-5,7-13,15-26H,6,14H2,1-2H3. The van der Waals surface area contributed by atoms with Crippen LogP contribution in [0.25, 0.3) is 38.6 Å². The number of anilines is 2. The lowest BCUT2D eigenvalue weighted by molar-refractivity contribution is 0.660. The van der Waals surface area contributed by atoms with E-state index < -0.39 is 0 Å². The average molecular weight is 529 g/mol. The number of aromatic nitrogens is 1. The normalized spacial score (nSPS) is 15.1. The fourth-order valence-electron chi connectivity index (χ4n) is 7.04. The summed E-state index contributed by atoms with van der Waals surface area (Å²) in [5.41, 5.74) is 12.9. The molecule has 0 fully saturated rings. The summed E-state index contributed by atoms with van der Waals surface area (Å²) in [4.78, 5) is 2.48. The molecule has 198 valence electrons. The molecule has 0 amide bonds. The third-order valence-corrected chi connectivity index (χ3v) is 9.03. The van der Waals surface area contributed by atoms with Gasteiger partial charge in [0.05, 0.1) is 11.0 Å². The number of para-hydroxylation sites is 2. The van der Waals surface area contributed by atoms with Crippen LogP contribution in [0.2, 0.25) is 0 Å². The lowest BCUT2D eigenvalue weighted by atomic mass is 9.82. The van der Waals surface area contributed by atoms with Crippen molar-refractivity contribution in [2.75, 3.05) is 4.90 Å². The van der Waals surface area contributed by atoms with E-state index in [4.69, 9.17) is 0 Å². The lowest BCUT2D eigenvalue weighted by Crippen LogP contribution is -2.19. The average Bonchev–Trinajstić information content (AvgIpc) is 3.47. The van der Waals surface area contributed by atoms with Gasteiger partial charge in [0.25, 0.3) is 0 Å². The topological polar surface area (TPSA) is 8.17 Å². The fourth-order valence-corrected chi connectivity index (χ4v) is 7.04. The van der Waals surface area contributed by atoms with Crippen molar-refractivity contribution in [2.45, 2.75) is 32.1 Å². The lowest BCUT2D eigenvalue weighted by Gasteiger charge is -2.30. The van der Waals surface area contributed by atoms with E-state index in [9.17, 15) is 0 Å². The number of nitrogens with zero attached hydrogens (tertiary/aromatic N) is 2. The molecule has 2 aliphatic rings. The summed E-state index contributed by atoms with van der Waals surface area (Å²) in [7, 11) is 0. The number of rotatable bonds is 4. The summed E-state index contributed by atoms with van der Waals surface area (Å²) < 4.78 is 2.39. The quantitative estimate of drug-likeness (QED) is 0.221. The molecule has 1 aromatic heterocycles. The van der Waals surface area contributed by atoms with Crippen molar-refractivity contribution in [2.24, 2.45) is 0 Å². The molecule has 0 N–H and O–H groups in total. The van der Waals surface area contributed by atoms with Crippen molar-refractivity contribution in [3.63, 3.8) is 0 Å².